The van der Waals surface area contributed by atoms with Crippen LogP contribution in [-0.4, -0.2) is 28.3 Å². The summed E-state index contributed by atoms with van der Waals surface area (Å²) in [6, 6.07) is 11.8. The summed E-state index contributed by atoms with van der Waals surface area (Å²) in [5.74, 6) is 2.28. The van der Waals surface area contributed by atoms with E-state index in [4.69, 9.17) is 13.9 Å². The van der Waals surface area contributed by atoms with E-state index in [9.17, 15) is 10.1 Å². The van der Waals surface area contributed by atoms with Gasteiger partial charge in [-0.05, 0) is 37.3 Å². The largest absolute Gasteiger partial charge is 0.486 e. The molecular weight excluding hydrogens is 370 g/mol. The fourth-order valence-corrected chi connectivity index (χ4v) is 3.52. The number of ether oxygens (including phenoxy) is 2. The van der Waals surface area contributed by atoms with Crippen LogP contribution in [0.15, 0.2) is 51.8 Å². The third-order valence-electron chi connectivity index (χ3n) is 3.94. The molecule has 1 atom stereocenters. The molecule has 0 spiro atoms. The van der Waals surface area contributed by atoms with Gasteiger partial charge in [-0.15, -0.1) is 22.0 Å². The summed E-state index contributed by atoms with van der Waals surface area (Å²) in [6.45, 7) is 3.07. The highest BCUT2D eigenvalue weighted by Crippen LogP contribution is 2.40. The Kier molecular flexibility index (Phi) is 4.68. The minimum absolute atomic E-state index is 0.0148. The van der Waals surface area contributed by atoms with E-state index in [-0.39, 0.29) is 10.9 Å². The second-order valence-electron chi connectivity index (χ2n) is 5.81. The summed E-state index contributed by atoms with van der Waals surface area (Å²) >= 11 is 1.56. The molecule has 9 heteroatoms. The van der Waals surface area contributed by atoms with E-state index >= 15 is 0 Å². The standard InChI is InChI=1S/C18H15N3O5S/c1-11(27-14-6-7-15-16(10-14)25-9-8-24-15)17-19-20-18(26-17)12-2-4-13(5-3-12)21(22)23/h2-7,10-11H,8-9H2,1H3/t11-/m0/s1. The molecule has 138 valence electrons. The van der Waals surface area contributed by atoms with E-state index in [1.54, 1.807) is 23.9 Å². The molecule has 2 heterocycles. The number of hydrogen-bond acceptors (Lipinski definition) is 8. The number of thioether (sulfide) groups is 1. The van der Waals surface area contributed by atoms with Crippen LogP contribution in [0.3, 0.4) is 0 Å². The molecule has 1 aliphatic heterocycles. The Morgan fingerprint density at radius 1 is 1.07 bits per heavy atom. The molecule has 27 heavy (non-hydrogen) atoms. The number of nitro benzene ring substituents is 1. The third-order valence-corrected chi connectivity index (χ3v) is 5.02. The summed E-state index contributed by atoms with van der Waals surface area (Å²) in [4.78, 5) is 11.3. The summed E-state index contributed by atoms with van der Waals surface area (Å²) < 4.78 is 16.9. The van der Waals surface area contributed by atoms with Gasteiger partial charge in [0.1, 0.15) is 13.2 Å². The van der Waals surface area contributed by atoms with E-state index in [0.29, 0.717) is 30.6 Å². The number of aromatic nitrogens is 2. The van der Waals surface area contributed by atoms with Gasteiger partial charge >= 0.3 is 0 Å². The second kappa shape index (κ2) is 7.28. The van der Waals surface area contributed by atoms with Gasteiger partial charge in [-0.1, -0.05) is 0 Å². The van der Waals surface area contributed by atoms with Crippen LogP contribution in [0.1, 0.15) is 18.1 Å². The maximum atomic E-state index is 10.7. The van der Waals surface area contributed by atoms with Gasteiger partial charge in [0.05, 0.1) is 10.2 Å². The predicted molar refractivity (Wildman–Crippen MR) is 98.1 cm³/mol. The molecule has 0 unspecified atom stereocenters. The summed E-state index contributed by atoms with van der Waals surface area (Å²) in [5.41, 5.74) is 0.650. The monoisotopic (exact) mass is 385 g/mol. The van der Waals surface area contributed by atoms with Crippen molar-refractivity contribution < 1.29 is 18.8 Å². The Balaban J connectivity index is 1.48. The van der Waals surface area contributed by atoms with Crippen LogP contribution in [0.25, 0.3) is 11.5 Å². The van der Waals surface area contributed by atoms with E-state index in [0.717, 1.165) is 16.4 Å². The molecule has 0 bridgehead atoms. The van der Waals surface area contributed by atoms with Crippen molar-refractivity contribution >= 4 is 17.4 Å². The Bertz CT molecular complexity index is 973. The number of nitrogens with zero attached hydrogens (tertiary/aromatic N) is 3. The lowest BCUT2D eigenvalue weighted by Gasteiger charge is -2.19. The van der Waals surface area contributed by atoms with Crippen molar-refractivity contribution in [1.29, 1.82) is 0 Å². The van der Waals surface area contributed by atoms with Gasteiger partial charge in [0, 0.05) is 22.6 Å². The van der Waals surface area contributed by atoms with Crippen LogP contribution < -0.4 is 9.47 Å². The lowest BCUT2D eigenvalue weighted by molar-refractivity contribution is -0.384. The Morgan fingerprint density at radius 2 is 1.81 bits per heavy atom. The highest BCUT2D eigenvalue weighted by Gasteiger charge is 2.19. The van der Waals surface area contributed by atoms with Crippen LogP contribution in [0, 0.1) is 10.1 Å². The average molecular weight is 385 g/mol. The maximum Gasteiger partial charge on any atom is 0.269 e. The quantitative estimate of drug-likeness (QED) is 0.365. The minimum atomic E-state index is -0.449. The summed E-state index contributed by atoms with van der Waals surface area (Å²) in [7, 11) is 0. The Labute approximate surface area is 158 Å². The molecule has 1 aromatic heterocycles. The van der Waals surface area contributed by atoms with Crippen LogP contribution >= 0.6 is 11.8 Å². The van der Waals surface area contributed by atoms with Crippen LogP contribution in [-0.2, 0) is 0 Å². The first-order chi connectivity index (χ1) is 13.1. The number of non-ortho nitro benzene ring substituents is 1. The van der Waals surface area contributed by atoms with Crippen molar-refractivity contribution in [3.63, 3.8) is 0 Å². The molecule has 0 fully saturated rings. The number of benzene rings is 2. The molecular formula is C18H15N3O5S. The molecule has 0 radical (unpaired) electrons. The first-order valence-corrected chi connectivity index (χ1v) is 9.12. The third kappa shape index (κ3) is 3.72. The lowest BCUT2D eigenvalue weighted by atomic mass is 10.2. The zero-order valence-corrected chi connectivity index (χ0v) is 15.1. The van der Waals surface area contributed by atoms with Crippen LogP contribution in [0.2, 0.25) is 0 Å². The average Bonchev–Trinajstić information content (AvgIpc) is 3.18. The zero-order valence-electron chi connectivity index (χ0n) is 14.3. The Hall–Kier alpha value is -3.07. The van der Waals surface area contributed by atoms with Gasteiger partial charge in [0.25, 0.3) is 5.69 Å². The van der Waals surface area contributed by atoms with Crippen LogP contribution in [0.5, 0.6) is 11.5 Å². The van der Waals surface area contributed by atoms with Gasteiger partial charge in [-0.2, -0.15) is 0 Å². The van der Waals surface area contributed by atoms with Crippen molar-refractivity contribution in [2.75, 3.05) is 13.2 Å². The van der Waals surface area contributed by atoms with Gasteiger partial charge in [0.2, 0.25) is 11.8 Å². The number of rotatable bonds is 5. The van der Waals surface area contributed by atoms with E-state index in [1.165, 1.54) is 12.1 Å². The highest BCUT2D eigenvalue weighted by molar-refractivity contribution is 7.99. The lowest BCUT2D eigenvalue weighted by Crippen LogP contribution is -2.15. The molecule has 4 rings (SSSR count). The van der Waals surface area contributed by atoms with Crippen molar-refractivity contribution in [3.05, 3.63) is 58.5 Å². The number of fused-ring (bicyclic) bond motifs is 1. The fourth-order valence-electron chi connectivity index (χ4n) is 2.59. The molecule has 0 saturated heterocycles. The Morgan fingerprint density at radius 3 is 2.56 bits per heavy atom. The second-order valence-corrected chi connectivity index (χ2v) is 7.23. The predicted octanol–water partition coefficient (Wildman–Crippen LogP) is 4.27. The van der Waals surface area contributed by atoms with E-state index in [2.05, 4.69) is 10.2 Å². The molecule has 0 aliphatic carbocycles. The zero-order chi connectivity index (χ0) is 18.8. The van der Waals surface area contributed by atoms with Crippen molar-refractivity contribution in [1.82, 2.24) is 10.2 Å². The summed E-state index contributed by atoms with van der Waals surface area (Å²) in [5, 5.41) is 18.8. The van der Waals surface area contributed by atoms with Gasteiger partial charge in [0.15, 0.2) is 11.5 Å². The maximum absolute atomic E-state index is 10.7. The van der Waals surface area contributed by atoms with Gasteiger partial charge in [-0.3, -0.25) is 10.1 Å². The normalized spacial score (nSPS) is 14.0. The molecule has 0 N–H and O–H groups in total. The molecule has 0 saturated carbocycles. The van der Waals surface area contributed by atoms with Crippen molar-refractivity contribution in [2.24, 2.45) is 0 Å². The first kappa shape index (κ1) is 17.3. The molecule has 1 aliphatic rings. The minimum Gasteiger partial charge on any atom is -0.486 e. The SMILES string of the molecule is C[C@H](Sc1ccc2c(c1)OCCO2)c1nnc(-c2ccc([N+](=O)[O-])cc2)o1. The van der Waals surface area contributed by atoms with E-state index < -0.39 is 4.92 Å². The number of hydrogen-bond donors (Lipinski definition) is 0. The highest BCUT2D eigenvalue weighted by atomic mass is 32.2. The van der Waals surface area contributed by atoms with Crippen molar-refractivity contribution in [2.45, 2.75) is 17.1 Å². The van der Waals surface area contributed by atoms with Crippen LogP contribution in [0.4, 0.5) is 5.69 Å². The number of nitro groups is 1. The van der Waals surface area contributed by atoms with Gasteiger partial charge < -0.3 is 13.9 Å². The van der Waals surface area contributed by atoms with E-state index in [1.807, 2.05) is 25.1 Å². The summed E-state index contributed by atoms with van der Waals surface area (Å²) in [6.07, 6.45) is 0. The molecule has 2 aromatic carbocycles. The topological polar surface area (TPSA) is 101 Å². The van der Waals surface area contributed by atoms with Gasteiger partial charge in [-0.25, -0.2) is 0 Å². The molecule has 0 amide bonds. The smallest absolute Gasteiger partial charge is 0.269 e. The van der Waals surface area contributed by atoms with Crippen molar-refractivity contribution in [3.8, 4) is 23.0 Å². The first-order valence-electron chi connectivity index (χ1n) is 8.25. The molecule has 8 nitrogen and oxygen atoms in total. The fraction of sp³-hybridized carbons (Fsp3) is 0.222. The molecule has 3 aromatic rings.